The zero-order chi connectivity index (χ0) is 15.5. The Morgan fingerprint density at radius 1 is 1.41 bits per heavy atom. The highest BCUT2D eigenvalue weighted by Crippen LogP contribution is 2.27. The predicted octanol–water partition coefficient (Wildman–Crippen LogP) is 4.29. The molecule has 0 N–H and O–H groups in total. The van der Waals surface area contributed by atoms with E-state index in [0.29, 0.717) is 39.5 Å². The van der Waals surface area contributed by atoms with Crippen molar-refractivity contribution >= 4 is 45.8 Å². The largest absolute Gasteiger partial charge is 0.285 e. The van der Waals surface area contributed by atoms with Gasteiger partial charge in [0.2, 0.25) is 0 Å². The molecule has 0 fully saturated rings. The molecule has 3 nitrogen and oxygen atoms in total. The molecular weight excluding hydrogens is 343 g/mol. The Bertz CT molecular complexity index is 698. The van der Waals surface area contributed by atoms with Gasteiger partial charge in [0.1, 0.15) is 5.82 Å². The molecule has 0 unspecified atom stereocenters. The van der Waals surface area contributed by atoms with E-state index in [-0.39, 0.29) is 11.7 Å². The number of carbonyl (C=O) groups is 1. The Morgan fingerprint density at radius 2 is 2.27 bits per heavy atom. The zero-order valence-corrected chi connectivity index (χ0v) is 13.8. The van der Waals surface area contributed by atoms with Crippen molar-refractivity contribution in [1.82, 2.24) is 4.90 Å². The van der Waals surface area contributed by atoms with Gasteiger partial charge in [0, 0.05) is 22.9 Å². The summed E-state index contributed by atoms with van der Waals surface area (Å²) in [7, 11) is 0. The van der Waals surface area contributed by atoms with E-state index in [9.17, 15) is 9.18 Å². The lowest BCUT2D eigenvalue weighted by Gasteiger charge is -2.17. The third-order valence-corrected chi connectivity index (χ3v) is 5.44. The van der Waals surface area contributed by atoms with Crippen LogP contribution in [0.1, 0.15) is 15.2 Å². The van der Waals surface area contributed by atoms with Crippen molar-refractivity contribution in [2.45, 2.75) is 5.75 Å². The lowest BCUT2D eigenvalue weighted by atomic mass is 10.2. The van der Waals surface area contributed by atoms with Crippen LogP contribution in [0.15, 0.2) is 40.7 Å². The highest BCUT2D eigenvalue weighted by Gasteiger charge is 2.26. The van der Waals surface area contributed by atoms with E-state index in [4.69, 9.17) is 11.6 Å². The first-order chi connectivity index (χ1) is 10.7. The first-order valence-corrected chi connectivity index (χ1v) is 8.86. The van der Waals surface area contributed by atoms with Gasteiger partial charge in [0.15, 0.2) is 5.17 Å². The number of amidine groups is 1. The Morgan fingerprint density at radius 3 is 3.00 bits per heavy atom. The normalized spacial score (nSPS) is 14.3. The van der Waals surface area contributed by atoms with Crippen LogP contribution in [0.4, 0.5) is 4.39 Å². The molecule has 0 radical (unpaired) electrons. The number of benzene rings is 1. The summed E-state index contributed by atoms with van der Waals surface area (Å²) in [6.45, 7) is 1.13. The molecule has 0 saturated carbocycles. The lowest BCUT2D eigenvalue weighted by Crippen LogP contribution is -2.32. The monoisotopic (exact) mass is 354 g/mol. The van der Waals surface area contributed by atoms with Gasteiger partial charge in [-0.15, -0.1) is 11.3 Å². The average Bonchev–Trinajstić information content (AvgIpc) is 3.18. The van der Waals surface area contributed by atoms with Crippen molar-refractivity contribution in [1.29, 1.82) is 0 Å². The summed E-state index contributed by atoms with van der Waals surface area (Å²) in [5, 5.41) is 2.88. The van der Waals surface area contributed by atoms with Gasteiger partial charge in [-0.05, 0) is 23.6 Å². The van der Waals surface area contributed by atoms with Gasteiger partial charge >= 0.3 is 0 Å². The highest BCUT2D eigenvalue weighted by molar-refractivity contribution is 8.13. The maximum atomic E-state index is 13.8. The van der Waals surface area contributed by atoms with E-state index in [1.807, 2.05) is 11.4 Å². The van der Waals surface area contributed by atoms with Crippen molar-refractivity contribution in [3.8, 4) is 0 Å². The van der Waals surface area contributed by atoms with Gasteiger partial charge in [0.05, 0.1) is 11.4 Å². The molecule has 1 aromatic heterocycles. The number of thiophene rings is 1. The van der Waals surface area contributed by atoms with Crippen LogP contribution < -0.4 is 0 Å². The molecule has 0 bridgehead atoms. The quantitative estimate of drug-likeness (QED) is 0.823. The van der Waals surface area contributed by atoms with Crippen molar-refractivity contribution in [2.75, 3.05) is 13.1 Å². The molecule has 7 heteroatoms. The maximum absolute atomic E-state index is 13.8. The van der Waals surface area contributed by atoms with E-state index in [1.165, 1.54) is 29.2 Å². The van der Waals surface area contributed by atoms with E-state index >= 15 is 0 Å². The molecule has 0 atom stereocenters. The smallest absolute Gasteiger partial charge is 0.269 e. The number of carbonyl (C=O) groups excluding carboxylic acids is 1. The van der Waals surface area contributed by atoms with E-state index in [0.717, 1.165) is 0 Å². The van der Waals surface area contributed by atoms with E-state index in [2.05, 4.69) is 4.99 Å². The molecule has 1 aliphatic rings. The second kappa shape index (κ2) is 6.81. The molecule has 2 aromatic rings. The van der Waals surface area contributed by atoms with Gasteiger partial charge in [-0.25, -0.2) is 4.39 Å². The van der Waals surface area contributed by atoms with Crippen molar-refractivity contribution in [3.63, 3.8) is 0 Å². The summed E-state index contributed by atoms with van der Waals surface area (Å²) in [6.07, 6.45) is 0. The van der Waals surface area contributed by atoms with Crippen molar-refractivity contribution < 1.29 is 9.18 Å². The minimum absolute atomic E-state index is 0.0571. The molecule has 2 heterocycles. The Balaban J connectivity index is 1.71. The predicted molar refractivity (Wildman–Crippen MR) is 90.4 cm³/mol. The first kappa shape index (κ1) is 15.5. The zero-order valence-electron chi connectivity index (χ0n) is 11.5. The summed E-state index contributed by atoms with van der Waals surface area (Å²) in [4.78, 5) is 19.1. The van der Waals surface area contributed by atoms with Gasteiger partial charge in [-0.1, -0.05) is 35.5 Å². The molecule has 0 aliphatic carbocycles. The standard InChI is InChI=1S/C15H12ClFN2OS2/c16-11-3-1-4-12(17)10(11)9-22-15-18-6-7-19(15)14(20)13-5-2-8-21-13/h1-5,8H,6-7,9H2. The average molecular weight is 355 g/mol. The van der Waals surface area contributed by atoms with E-state index < -0.39 is 0 Å². The van der Waals surface area contributed by atoms with Crippen molar-refractivity contribution in [2.24, 2.45) is 4.99 Å². The third kappa shape index (κ3) is 3.19. The van der Waals surface area contributed by atoms with Crippen LogP contribution in [0.2, 0.25) is 5.02 Å². The number of hydrogen-bond acceptors (Lipinski definition) is 4. The molecule has 0 spiro atoms. The fourth-order valence-electron chi connectivity index (χ4n) is 2.08. The number of nitrogens with zero attached hydrogens (tertiary/aromatic N) is 2. The number of aliphatic imine (C=N–C) groups is 1. The van der Waals surface area contributed by atoms with Crippen LogP contribution in [-0.2, 0) is 5.75 Å². The van der Waals surface area contributed by atoms with Crippen LogP contribution in [-0.4, -0.2) is 29.1 Å². The number of amides is 1. The minimum atomic E-state index is -0.338. The second-order valence-electron chi connectivity index (χ2n) is 4.59. The van der Waals surface area contributed by atoms with Gasteiger partial charge < -0.3 is 0 Å². The Kier molecular flexibility index (Phi) is 4.81. The first-order valence-electron chi connectivity index (χ1n) is 6.62. The second-order valence-corrected chi connectivity index (χ2v) is 6.88. The summed E-state index contributed by atoms with van der Waals surface area (Å²) >= 11 is 8.76. The Labute approximate surface area is 140 Å². The number of hydrogen-bond donors (Lipinski definition) is 0. The molecule has 114 valence electrons. The van der Waals surface area contributed by atoms with Crippen LogP contribution in [0.25, 0.3) is 0 Å². The number of thioether (sulfide) groups is 1. The van der Waals surface area contributed by atoms with Crippen LogP contribution in [0, 0.1) is 5.82 Å². The summed E-state index contributed by atoms with van der Waals surface area (Å²) in [5.41, 5.74) is 0.437. The van der Waals surface area contributed by atoms with E-state index in [1.54, 1.807) is 23.1 Å². The van der Waals surface area contributed by atoms with Gasteiger partial charge in [0.25, 0.3) is 5.91 Å². The van der Waals surface area contributed by atoms with Crippen molar-refractivity contribution in [3.05, 3.63) is 57.0 Å². The molecule has 0 saturated heterocycles. The molecule has 22 heavy (non-hydrogen) atoms. The van der Waals surface area contributed by atoms with Crippen LogP contribution >= 0.6 is 34.7 Å². The van der Waals surface area contributed by atoms with Gasteiger partial charge in [-0.3, -0.25) is 14.7 Å². The van der Waals surface area contributed by atoms with Crippen LogP contribution in [0.3, 0.4) is 0 Å². The summed E-state index contributed by atoms with van der Waals surface area (Å²) in [5.74, 6) is -0.0495. The Hall–Kier alpha value is -1.37. The SMILES string of the molecule is O=C(c1cccs1)N1CCN=C1SCc1c(F)cccc1Cl. The minimum Gasteiger partial charge on any atom is -0.285 e. The number of halogens is 2. The summed E-state index contributed by atoms with van der Waals surface area (Å²) < 4.78 is 13.8. The lowest BCUT2D eigenvalue weighted by molar-refractivity contribution is 0.0865. The topological polar surface area (TPSA) is 32.7 Å². The molecule has 1 amide bonds. The maximum Gasteiger partial charge on any atom is 0.269 e. The number of rotatable bonds is 3. The van der Waals surface area contributed by atoms with Gasteiger partial charge in [-0.2, -0.15) is 0 Å². The highest BCUT2D eigenvalue weighted by atomic mass is 35.5. The fourth-order valence-corrected chi connectivity index (χ4v) is 4.14. The fraction of sp³-hybridized carbons (Fsp3) is 0.200. The third-order valence-electron chi connectivity index (χ3n) is 3.19. The van der Waals surface area contributed by atoms with Crippen LogP contribution in [0.5, 0.6) is 0 Å². The molecule has 3 rings (SSSR count). The molecular formula is C15H12ClFN2OS2. The molecule has 1 aromatic carbocycles. The summed E-state index contributed by atoms with van der Waals surface area (Å²) in [6, 6.07) is 8.25. The molecule has 1 aliphatic heterocycles.